The highest BCUT2D eigenvalue weighted by Crippen LogP contribution is 2.25. The second-order valence-corrected chi connectivity index (χ2v) is 6.94. The highest BCUT2D eigenvalue weighted by molar-refractivity contribution is 6.33. The monoisotopic (exact) mass is 315 g/mol. The van der Waals surface area contributed by atoms with E-state index in [1.807, 2.05) is 81.1 Å². The van der Waals surface area contributed by atoms with Gasteiger partial charge in [0.1, 0.15) is 0 Å². The van der Waals surface area contributed by atoms with Crippen LogP contribution in [0.25, 0.3) is 0 Å². The molecule has 116 valence electrons. The van der Waals surface area contributed by atoms with Crippen LogP contribution in [-0.2, 0) is 6.54 Å². The quantitative estimate of drug-likeness (QED) is 0.772. The van der Waals surface area contributed by atoms with Gasteiger partial charge in [0.2, 0.25) is 0 Å². The molecule has 0 atom stereocenters. The van der Waals surface area contributed by atoms with Crippen molar-refractivity contribution < 1.29 is 4.79 Å². The van der Waals surface area contributed by atoms with Crippen LogP contribution in [0.1, 0.15) is 42.3 Å². The summed E-state index contributed by atoms with van der Waals surface area (Å²) in [4.78, 5) is 14.8. The molecule has 22 heavy (non-hydrogen) atoms. The molecule has 0 bridgehead atoms. The average molecular weight is 316 g/mol. The standard InChI is InChI=1S/C19H22ClNO/c1-14-10-11-16(17(20)12-14)18(22)21(19(2,3)4)13-15-8-6-5-7-9-15/h5-12H,13H2,1-4H3. The third-order valence-electron chi connectivity index (χ3n) is 3.59. The predicted octanol–water partition coefficient (Wildman–Crippen LogP) is 5.09. The molecule has 0 saturated carbocycles. The lowest BCUT2D eigenvalue weighted by Crippen LogP contribution is -2.45. The van der Waals surface area contributed by atoms with Gasteiger partial charge in [-0.3, -0.25) is 4.79 Å². The summed E-state index contributed by atoms with van der Waals surface area (Å²) in [5.74, 6) is -0.0404. The number of nitrogens with zero attached hydrogens (tertiary/aromatic N) is 1. The summed E-state index contributed by atoms with van der Waals surface area (Å²) >= 11 is 6.27. The number of carbonyl (C=O) groups is 1. The number of amides is 1. The van der Waals surface area contributed by atoms with Crippen molar-refractivity contribution in [1.82, 2.24) is 4.90 Å². The van der Waals surface area contributed by atoms with E-state index in [2.05, 4.69) is 0 Å². The Morgan fingerprint density at radius 1 is 1.09 bits per heavy atom. The van der Waals surface area contributed by atoms with Crippen molar-refractivity contribution in [1.29, 1.82) is 0 Å². The summed E-state index contributed by atoms with van der Waals surface area (Å²) in [5, 5.41) is 0.507. The van der Waals surface area contributed by atoms with Crippen molar-refractivity contribution in [3.05, 3.63) is 70.2 Å². The van der Waals surface area contributed by atoms with E-state index in [0.717, 1.165) is 11.1 Å². The summed E-state index contributed by atoms with van der Waals surface area (Å²) in [5.41, 5.74) is 2.42. The molecular weight excluding hydrogens is 294 g/mol. The van der Waals surface area contributed by atoms with Crippen LogP contribution in [-0.4, -0.2) is 16.3 Å². The van der Waals surface area contributed by atoms with Crippen molar-refractivity contribution in [2.45, 2.75) is 39.8 Å². The van der Waals surface area contributed by atoms with E-state index in [1.54, 1.807) is 0 Å². The van der Waals surface area contributed by atoms with Crippen LogP contribution in [0.5, 0.6) is 0 Å². The van der Waals surface area contributed by atoms with Crippen LogP contribution in [0.2, 0.25) is 5.02 Å². The molecule has 0 spiro atoms. The zero-order chi connectivity index (χ0) is 16.3. The van der Waals surface area contributed by atoms with Crippen LogP contribution < -0.4 is 0 Å². The smallest absolute Gasteiger partial charge is 0.256 e. The van der Waals surface area contributed by atoms with Gasteiger partial charge >= 0.3 is 0 Å². The molecule has 2 aromatic carbocycles. The second kappa shape index (κ2) is 6.53. The summed E-state index contributed by atoms with van der Waals surface area (Å²) in [7, 11) is 0. The van der Waals surface area contributed by atoms with E-state index in [9.17, 15) is 4.79 Å². The number of carbonyl (C=O) groups excluding carboxylic acids is 1. The molecular formula is C19H22ClNO. The van der Waals surface area contributed by atoms with Gasteiger partial charge in [-0.15, -0.1) is 0 Å². The maximum absolute atomic E-state index is 13.0. The Labute approximate surface area is 137 Å². The number of hydrogen-bond donors (Lipinski definition) is 0. The van der Waals surface area contributed by atoms with Crippen molar-refractivity contribution in [2.24, 2.45) is 0 Å². The Kier molecular flexibility index (Phi) is 4.92. The Balaban J connectivity index is 2.35. The maximum atomic E-state index is 13.0. The van der Waals surface area contributed by atoms with Crippen LogP contribution in [0.3, 0.4) is 0 Å². The molecule has 0 aliphatic heterocycles. The fourth-order valence-electron chi connectivity index (χ4n) is 2.32. The van der Waals surface area contributed by atoms with Crippen LogP contribution >= 0.6 is 11.6 Å². The molecule has 0 saturated heterocycles. The molecule has 0 heterocycles. The van der Waals surface area contributed by atoms with Gasteiger partial charge in [-0.05, 0) is 51.0 Å². The summed E-state index contributed by atoms with van der Waals surface area (Å²) < 4.78 is 0. The zero-order valence-electron chi connectivity index (χ0n) is 13.6. The Morgan fingerprint density at radius 3 is 2.27 bits per heavy atom. The van der Waals surface area contributed by atoms with E-state index in [4.69, 9.17) is 11.6 Å². The van der Waals surface area contributed by atoms with Crippen molar-refractivity contribution >= 4 is 17.5 Å². The molecule has 2 rings (SSSR count). The molecule has 0 N–H and O–H groups in total. The van der Waals surface area contributed by atoms with Crippen molar-refractivity contribution in [3.8, 4) is 0 Å². The average Bonchev–Trinajstić information content (AvgIpc) is 2.44. The Bertz CT molecular complexity index is 659. The minimum atomic E-state index is -0.291. The van der Waals surface area contributed by atoms with E-state index in [1.165, 1.54) is 0 Å². The van der Waals surface area contributed by atoms with Gasteiger partial charge in [-0.1, -0.05) is 48.0 Å². The van der Waals surface area contributed by atoms with Gasteiger partial charge in [-0.25, -0.2) is 0 Å². The lowest BCUT2D eigenvalue weighted by molar-refractivity contribution is 0.0559. The van der Waals surface area contributed by atoms with Gasteiger partial charge in [0.05, 0.1) is 10.6 Å². The molecule has 0 aromatic heterocycles. The minimum Gasteiger partial charge on any atom is -0.329 e. The first-order valence-corrected chi connectivity index (χ1v) is 7.79. The summed E-state index contributed by atoms with van der Waals surface area (Å²) in [6.45, 7) is 8.64. The first-order chi connectivity index (χ1) is 10.3. The number of halogens is 1. The van der Waals surface area contributed by atoms with Crippen LogP contribution in [0.4, 0.5) is 0 Å². The number of rotatable bonds is 3. The highest BCUT2D eigenvalue weighted by atomic mass is 35.5. The number of benzene rings is 2. The Hall–Kier alpha value is -1.80. The summed E-state index contributed by atoms with van der Waals surface area (Å²) in [6, 6.07) is 15.6. The predicted molar refractivity (Wildman–Crippen MR) is 92.3 cm³/mol. The molecule has 2 nitrogen and oxygen atoms in total. The number of hydrogen-bond acceptors (Lipinski definition) is 1. The fraction of sp³-hybridized carbons (Fsp3) is 0.316. The first-order valence-electron chi connectivity index (χ1n) is 7.41. The molecule has 0 unspecified atom stereocenters. The van der Waals surface area contributed by atoms with Crippen LogP contribution in [0, 0.1) is 6.92 Å². The minimum absolute atomic E-state index is 0.0404. The molecule has 2 aromatic rings. The molecule has 3 heteroatoms. The lowest BCUT2D eigenvalue weighted by atomic mass is 10.0. The van der Waals surface area contributed by atoms with Crippen molar-refractivity contribution in [2.75, 3.05) is 0 Å². The van der Waals surface area contributed by atoms with Gasteiger partial charge in [-0.2, -0.15) is 0 Å². The first kappa shape index (κ1) is 16.6. The third-order valence-corrected chi connectivity index (χ3v) is 3.91. The topological polar surface area (TPSA) is 20.3 Å². The number of aryl methyl sites for hydroxylation is 1. The molecule has 0 aliphatic rings. The van der Waals surface area contributed by atoms with E-state index in [0.29, 0.717) is 17.1 Å². The summed E-state index contributed by atoms with van der Waals surface area (Å²) in [6.07, 6.45) is 0. The lowest BCUT2D eigenvalue weighted by Gasteiger charge is -2.36. The van der Waals surface area contributed by atoms with Gasteiger partial charge in [0.15, 0.2) is 0 Å². The molecule has 1 amide bonds. The van der Waals surface area contributed by atoms with E-state index >= 15 is 0 Å². The van der Waals surface area contributed by atoms with Gasteiger partial charge in [0, 0.05) is 12.1 Å². The second-order valence-electron chi connectivity index (χ2n) is 6.53. The zero-order valence-corrected chi connectivity index (χ0v) is 14.3. The van der Waals surface area contributed by atoms with E-state index < -0.39 is 0 Å². The third kappa shape index (κ3) is 3.89. The highest BCUT2D eigenvalue weighted by Gasteiger charge is 2.28. The Morgan fingerprint density at radius 2 is 1.73 bits per heavy atom. The van der Waals surface area contributed by atoms with Gasteiger partial charge < -0.3 is 4.90 Å². The maximum Gasteiger partial charge on any atom is 0.256 e. The fourth-order valence-corrected chi connectivity index (χ4v) is 2.63. The molecule has 0 radical (unpaired) electrons. The SMILES string of the molecule is Cc1ccc(C(=O)N(Cc2ccccc2)C(C)(C)C)c(Cl)c1. The van der Waals surface area contributed by atoms with Gasteiger partial charge in [0.25, 0.3) is 5.91 Å². The molecule has 0 fully saturated rings. The van der Waals surface area contributed by atoms with Crippen LogP contribution in [0.15, 0.2) is 48.5 Å². The normalized spacial score (nSPS) is 11.3. The van der Waals surface area contributed by atoms with E-state index in [-0.39, 0.29) is 11.4 Å². The molecule has 0 aliphatic carbocycles. The van der Waals surface area contributed by atoms with Crippen molar-refractivity contribution in [3.63, 3.8) is 0 Å². The largest absolute Gasteiger partial charge is 0.329 e.